The van der Waals surface area contributed by atoms with E-state index in [9.17, 15) is 18.4 Å². The third-order valence-electron chi connectivity index (χ3n) is 5.24. The number of carbonyl (C=O) groups excluding carboxylic acids is 1. The second-order valence-electron chi connectivity index (χ2n) is 8.78. The van der Waals surface area contributed by atoms with Crippen molar-refractivity contribution in [2.75, 3.05) is 11.1 Å². The van der Waals surface area contributed by atoms with Crippen molar-refractivity contribution in [3.05, 3.63) is 94.3 Å². The molecular weight excluding hydrogens is 456 g/mol. The van der Waals surface area contributed by atoms with Crippen molar-refractivity contribution < 1.29 is 13.6 Å². The van der Waals surface area contributed by atoms with Gasteiger partial charge in [-0.25, -0.2) is 13.8 Å². The number of aromatic nitrogens is 2. The Morgan fingerprint density at radius 3 is 2.47 bits per heavy atom. The highest BCUT2D eigenvalue weighted by molar-refractivity contribution is 7.99. The monoisotopic (exact) mass is 479 g/mol. The summed E-state index contributed by atoms with van der Waals surface area (Å²) in [4.78, 5) is 30.5. The molecule has 1 aromatic heterocycles. The van der Waals surface area contributed by atoms with Crippen molar-refractivity contribution in [1.29, 1.82) is 0 Å². The van der Waals surface area contributed by atoms with Gasteiger partial charge >= 0.3 is 0 Å². The van der Waals surface area contributed by atoms with Crippen molar-refractivity contribution in [2.24, 2.45) is 0 Å². The summed E-state index contributed by atoms with van der Waals surface area (Å²) in [6, 6.07) is 17.2. The minimum Gasteiger partial charge on any atom is -0.325 e. The lowest BCUT2D eigenvalue weighted by atomic mass is 9.86. The number of thioether (sulfide) groups is 1. The van der Waals surface area contributed by atoms with E-state index in [2.05, 4.69) is 31.1 Å². The molecule has 0 fully saturated rings. The van der Waals surface area contributed by atoms with Crippen LogP contribution in [-0.2, 0) is 10.2 Å². The van der Waals surface area contributed by atoms with E-state index in [1.54, 1.807) is 24.3 Å². The number of rotatable bonds is 5. The lowest BCUT2D eigenvalue weighted by Crippen LogP contribution is -2.24. The van der Waals surface area contributed by atoms with Crippen LogP contribution >= 0.6 is 11.8 Å². The van der Waals surface area contributed by atoms with E-state index in [4.69, 9.17) is 0 Å². The molecule has 5 nitrogen and oxygen atoms in total. The first-order valence-corrected chi connectivity index (χ1v) is 11.6. The normalized spacial score (nSPS) is 11.6. The van der Waals surface area contributed by atoms with E-state index >= 15 is 0 Å². The Hall–Kier alpha value is -3.52. The molecule has 0 aliphatic carbocycles. The number of nitrogens with one attached hydrogen (secondary N) is 1. The number of hydrogen-bond donors (Lipinski definition) is 1. The zero-order valence-electron chi connectivity index (χ0n) is 18.9. The van der Waals surface area contributed by atoms with Crippen LogP contribution in [0.4, 0.5) is 14.5 Å². The number of hydrogen-bond acceptors (Lipinski definition) is 4. The number of carbonyl (C=O) groups is 1. The summed E-state index contributed by atoms with van der Waals surface area (Å²) in [5.41, 5.74) is 1.31. The topological polar surface area (TPSA) is 64.0 Å². The van der Waals surface area contributed by atoms with Gasteiger partial charge < -0.3 is 5.32 Å². The fourth-order valence-electron chi connectivity index (χ4n) is 3.65. The molecule has 1 N–H and O–H groups in total. The zero-order valence-corrected chi connectivity index (χ0v) is 19.7. The van der Waals surface area contributed by atoms with Crippen LogP contribution in [0.5, 0.6) is 0 Å². The second-order valence-corrected chi connectivity index (χ2v) is 9.72. The molecule has 3 aromatic carbocycles. The van der Waals surface area contributed by atoms with E-state index in [1.165, 1.54) is 6.07 Å². The summed E-state index contributed by atoms with van der Waals surface area (Å²) < 4.78 is 29.2. The van der Waals surface area contributed by atoms with Crippen LogP contribution in [0.3, 0.4) is 0 Å². The fourth-order valence-corrected chi connectivity index (χ4v) is 4.45. The predicted molar refractivity (Wildman–Crippen MR) is 132 cm³/mol. The van der Waals surface area contributed by atoms with Gasteiger partial charge in [-0.05, 0) is 41.3 Å². The van der Waals surface area contributed by atoms with Gasteiger partial charge in [-0.1, -0.05) is 62.9 Å². The Labute approximate surface area is 199 Å². The van der Waals surface area contributed by atoms with Gasteiger partial charge in [0.25, 0.3) is 5.56 Å². The van der Waals surface area contributed by atoms with Crippen LogP contribution in [0, 0.1) is 11.6 Å². The minimum atomic E-state index is -0.899. The van der Waals surface area contributed by atoms with Crippen LogP contribution in [0.25, 0.3) is 16.6 Å². The van der Waals surface area contributed by atoms with Crippen LogP contribution in [-0.4, -0.2) is 21.2 Å². The van der Waals surface area contributed by atoms with Crippen molar-refractivity contribution in [1.82, 2.24) is 9.55 Å². The third kappa shape index (κ3) is 4.87. The molecule has 4 rings (SSSR count). The highest BCUT2D eigenvalue weighted by Crippen LogP contribution is 2.30. The number of amides is 1. The second kappa shape index (κ2) is 9.38. The highest BCUT2D eigenvalue weighted by Gasteiger charge is 2.20. The highest BCUT2D eigenvalue weighted by atomic mass is 32.2. The standard InChI is InChI=1S/C26H23F2N3O2S/c1-26(2,3)18-9-5-7-11-21(18)29-23(32)15-34-25-30-20-10-6-4-8-17(20)24(33)31(25)22-13-12-16(27)14-19(22)28/h4-14H,15H2,1-3H3,(H,29,32). The first kappa shape index (κ1) is 23.6. The lowest BCUT2D eigenvalue weighted by Gasteiger charge is -2.23. The molecule has 174 valence electrons. The molecule has 0 bridgehead atoms. The van der Waals surface area contributed by atoms with Crippen molar-refractivity contribution in [3.8, 4) is 5.69 Å². The maximum atomic E-state index is 14.6. The number of anilines is 1. The van der Waals surface area contributed by atoms with Gasteiger partial charge in [0.05, 0.1) is 22.3 Å². The van der Waals surface area contributed by atoms with E-state index in [1.807, 2.05) is 24.3 Å². The average molecular weight is 480 g/mol. The molecule has 0 unspecified atom stereocenters. The smallest absolute Gasteiger partial charge is 0.266 e. The SMILES string of the molecule is CC(C)(C)c1ccccc1NC(=O)CSc1nc2ccccc2c(=O)n1-c1ccc(F)cc1F. The maximum absolute atomic E-state index is 14.6. The third-order valence-corrected chi connectivity index (χ3v) is 6.18. The number of benzene rings is 3. The van der Waals surface area contributed by atoms with Gasteiger partial charge in [-0.15, -0.1) is 0 Å². The zero-order chi connectivity index (χ0) is 24.5. The van der Waals surface area contributed by atoms with Crippen LogP contribution in [0.1, 0.15) is 26.3 Å². The van der Waals surface area contributed by atoms with Gasteiger partial charge in [-0.2, -0.15) is 0 Å². The summed E-state index contributed by atoms with van der Waals surface area (Å²) in [5.74, 6) is -2.01. The molecule has 0 radical (unpaired) electrons. The molecular formula is C26H23F2N3O2S. The maximum Gasteiger partial charge on any atom is 0.266 e. The molecule has 0 aliphatic rings. The van der Waals surface area contributed by atoms with Crippen molar-refractivity contribution in [3.63, 3.8) is 0 Å². The number of halogens is 2. The van der Waals surface area contributed by atoms with E-state index < -0.39 is 17.2 Å². The lowest BCUT2D eigenvalue weighted by molar-refractivity contribution is -0.113. The molecule has 4 aromatic rings. The van der Waals surface area contributed by atoms with Crippen molar-refractivity contribution >= 4 is 34.3 Å². The number of fused-ring (bicyclic) bond motifs is 1. The number of para-hydroxylation sites is 2. The van der Waals surface area contributed by atoms with Crippen LogP contribution in [0.2, 0.25) is 0 Å². The van der Waals surface area contributed by atoms with Gasteiger partial charge in [-0.3, -0.25) is 14.2 Å². The summed E-state index contributed by atoms with van der Waals surface area (Å²) >= 11 is 1.00. The Balaban J connectivity index is 1.69. The molecule has 1 amide bonds. The molecule has 1 heterocycles. The largest absolute Gasteiger partial charge is 0.325 e. The first-order chi connectivity index (χ1) is 16.1. The molecule has 0 aliphatic heterocycles. The molecule has 0 atom stereocenters. The van der Waals surface area contributed by atoms with Crippen LogP contribution < -0.4 is 10.9 Å². The van der Waals surface area contributed by atoms with E-state index in [0.29, 0.717) is 22.7 Å². The molecule has 0 spiro atoms. The molecule has 0 saturated carbocycles. The first-order valence-electron chi connectivity index (χ1n) is 10.6. The number of nitrogens with zero attached hydrogens (tertiary/aromatic N) is 2. The average Bonchev–Trinajstić information content (AvgIpc) is 2.78. The Morgan fingerprint density at radius 2 is 1.74 bits per heavy atom. The van der Waals surface area contributed by atoms with Gasteiger partial charge in [0.15, 0.2) is 5.16 Å². The fraction of sp³-hybridized carbons (Fsp3) is 0.192. The molecule has 8 heteroatoms. The van der Waals surface area contributed by atoms with E-state index in [-0.39, 0.29) is 27.9 Å². The Bertz CT molecular complexity index is 1440. The predicted octanol–water partition coefficient (Wildman–Crippen LogP) is 5.69. The minimum absolute atomic E-state index is 0.0634. The molecule has 0 saturated heterocycles. The Morgan fingerprint density at radius 1 is 1.03 bits per heavy atom. The Kier molecular flexibility index (Phi) is 6.52. The summed E-state index contributed by atoms with van der Waals surface area (Å²) in [6.45, 7) is 6.17. The van der Waals surface area contributed by atoms with Gasteiger partial charge in [0, 0.05) is 11.8 Å². The van der Waals surface area contributed by atoms with Gasteiger partial charge in [0.2, 0.25) is 5.91 Å². The molecule has 34 heavy (non-hydrogen) atoms. The quantitative estimate of drug-likeness (QED) is 0.295. The van der Waals surface area contributed by atoms with Gasteiger partial charge in [0.1, 0.15) is 11.6 Å². The summed E-state index contributed by atoms with van der Waals surface area (Å²) in [5, 5.41) is 3.34. The van der Waals surface area contributed by atoms with Crippen LogP contribution in [0.15, 0.2) is 76.7 Å². The van der Waals surface area contributed by atoms with Crippen molar-refractivity contribution in [2.45, 2.75) is 31.3 Å². The van der Waals surface area contributed by atoms with E-state index in [0.717, 1.165) is 28.0 Å². The summed E-state index contributed by atoms with van der Waals surface area (Å²) in [6.07, 6.45) is 0. The summed E-state index contributed by atoms with van der Waals surface area (Å²) in [7, 11) is 0.